The van der Waals surface area contributed by atoms with Crippen LogP contribution < -0.4 is 5.32 Å². The van der Waals surface area contributed by atoms with Gasteiger partial charge in [0.05, 0.1) is 11.8 Å². The summed E-state index contributed by atoms with van der Waals surface area (Å²) in [7, 11) is 0. The second-order valence-electron chi connectivity index (χ2n) is 4.13. The monoisotopic (exact) mass is 248 g/mol. The number of nitriles is 1. The van der Waals surface area contributed by atoms with Crippen LogP contribution in [-0.4, -0.2) is 21.7 Å². The van der Waals surface area contributed by atoms with Crippen LogP contribution in [0, 0.1) is 11.3 Å². The zero-order valence-electron chi connectivity index (χ0n) is 11.2. The molecule has 0 aromatic carbocycles. The van der Waals surface area contributed by atoms with Crippen LogP contribution in [0.1, 0.15) is 49.8 Å². The van der Waals surface area contributed by atoms with Crippen LogP contribution >= 0.6 is 0 Å². The van der Waals surface area contributed by atoms with E-state index in [1.54, 1.807) is 10.7 Å². The van der Waals surface area contributed by atoms with Gasteiger partial charge in [0.15, 0.2) is 0 Å². The number of carbonyl (C=O) groups is 1. The lowest BCUT2D eigenvalue weighted by atomic mass is 10.2. The van der Waals surface area contributed by atoms with Crippen molar-refractivity contribution in [3.05, 3.63) is 17.5 Å². The standard InChI is InChI=1S/C13H20N4O/c1-4-7-11(9-14)15-13(18)12-8-10(5-2)16-17(12)6-3/h8,11H,4-7H2,1-3H3,(H,15,18). The van der Waals surface area contributed by atoms with Crippen LogP contribution in [0.5, 0.6) is 0 Å². The Morgan fingerprint density at radius 3 is 2.78 bits per heavy atom. The molecule has 0 aliphatic heterocycles. The molecule has 0 fully saturated rings. The molecule has 0 aliphatic carbocycles. The van der Waals surface area contributed by atoms with E-state index in [0.29, 0.717) is 18.7 Å². The highest BCUT2D eigenvalue weighted by atomic mass is 16.2. The number of aryl methyl sites for hydroxylation is 2. The summed E-state index contributed by atoms with van der Waals surface area (Å²) in [4.78, 5) is 12.1. The quantitative estimate of drug-likeness (QED) is 0.835. The molecule has 5 nitrogen and oxygen atoms in total. The third kappa shape index (κ3) is 3.33. The molecule has 1 aromatic heterocycles. The van der Waals surface area contributed by atoms with E-state index in [9.17, 15) is 4.79 Å². The first kappa shape index (κ1) is 14.2. The maximum absolute atomic E-state index is 12.1. The van der Waals surface area contributed by atoms with Crippen molar-refractivity contribution >= 4 is 5.91 Å². The van der Waals surface area contributed by atoms with Gasteiger partial charge in [-0.1, -0.05) is 20.3 Å². The van der Waals surface area contributed by atoms with Gasteiger partial charge in [-0.15, -0.1) is 0 Å². The maximum atomic E-state index is 12.1. The summed E-state index contributed by atoms with van der Waals surface area (Å²) in [5, 5.41) is 16.0. The predicted molar refractivity (Wildman–Crippen MR) is 69.1 cm³/mol. The van der Waals surface area contributed by atoms with E-state index in [4.69, 9.17) is 5.26 Å². The van der Waals surface area contributed by atoms with Crippen LogP contribution in [0.2, 0.25) is 0 Å². The molecule has 1 unspecified atom stereocenters. The molecule has 0 aliphatic rings. The van der Waals surface area contributed by atoms with Crippen LogP contribution in [0.4, 0.5) is 0 Å². The molecule has 1 rings (SSSR count). The third-order valence-corrected chi connectivity index (χ3v) is 2.76. The lowest BCUT2D eigenvalue weighted by Crippen LogP contribution is -2.34. The highest BCUT2D eigenvalue weighted by molar-refractivity contribution is 5.93. The molecule has 5 heteroatoms. The number of aromatic nitrogens is 2. The Balaban J connectivity index is 2.83. The van der Waals surface area contributed by atoms with Crippen molar-refractivity contribution in [2.24, 2.45) is 0 Å². The molecular formula is C13H20N4O. The second-order valence-corrected chi connectivity index (χ2v) is 4.13. The van der Waals surface area contributed by atoms with E-state index in [1.165, 1.54) is 0 Å². The van der Waals surface area contributed by atoms with Crippen LogP contribution in [0.25, 0.3) is 0 Å². The molecule has 1 aromatic rings. The first-order valence-electron chi connectivity index (χ1n) is 6.43. The topological polar surface area (TPSA) is 70.7 Å². The molecule has 0 saturated carbocycles. The minimum Gasteiger partial charge on any atom is -0.335 e. The van der Waals surface area contributed by atoms with Crippen molar-refractivity contribution in [1.29, 1.82) is 5.26 Å². The van der Waals surface area contributed by atoms with Gasteiger partial charge in [0.25, 0.3) is 5.91 Å². The van der Waals surface area contributed by atoms with Crippen molar-refractivity contribution in [2.75, 3.05) is 0 Å². The average molecular weight is 248 g/mol. The van der Waals surface area contributed by atoms with Gasteiger partial charge in [0.2, 0.25) is 0 Å². The first-order chi connectivity index (χ1) is 8.65. The summed E-state index contributed by atoms with van der Waals surface area (Å²) in [5.41, 5.74) is 1.43. The van der Waals surface area contributed by atoms with E-state index in [2.05, 4.69) is 16.5 Å². The van der Waals surface area contributed by atoms with E-state index in [-0.39, 0.29) is 5.91 Å². The highest BCUT2D eigenvalue weighted by Gasteiger charge is 2.17. The largest absolute Gasteiger partial charge is 0.335 e. The molecule has 0 saturated heterocycles. The first-order valence-corrected chi connectivity index (χ1v) is 6.43. The fourth-order valence-corrected chi connectivity index (χ4v) is 1.76. The lowest BCUT2D eigenvalue weighted by Gasteiger charge is -2.10. The van der Waals surface area contributed by atoms with Gasteiger partial charge in [0, 0.05) is 6.54 Å². The van der Waals surface area contributed by atoms with Gasteiger partial charge < -0.3 is 5.32 Å². The highest BCUT2D eigenvalue weighted by Crippen LogP contribution is 2.06. The van der Waals surface area contributed by atoms with Crippen LogP contribution in [0.15, 0.2) is 6.07 Å². The van der Waals surface area contributed by atoms with E-state index in [0.717, 1.165) is 18.5 Å². The molecule has 18 heavy (non-hydrogen) atoms. The lowest BCUT2D eigenvalue weighted by molar-refractivity contribution is 0.0933. The van der Waals surface area contributed by atoms with Gasteiger partial charge in [-0.2, -0.15) is 10.4 Å². The molecule has 0 bridgehead atoms. The molecule has 0 spiro atoms. The third-order valence-electron chi connectivity index (χ3n) is 2.76. The Morgan fingerprint density at radius 2 is 2.28 bits per heavy atom. The summed E-state index contributed by atoms with van der Waals surface area (Å²) in [6.45, 7) is 6.58. The van der Waals surface area contributed by atoms with Gasteiger partial charge >= 0.3 is 0 Å². The Morgan fingerprint density at radius 1 is 1.56 bits per heavy atom. The molecule has 1 atom stereocenters. The van der Waals surface area contributed by atoms with E-state index in [1.807, 2.05) is 20.8 Å². The number of hydrogen-bond acceptors (Lipinski definition) is 3. The van der Waals surface area contributed by atoms with Crippen molar-refractivity contribution in [3.63, 3.8) is 0 Å². The second kappa shape index (κ2) is 6.80. The Hall–Kier alpha value is -1.83. The molecule has 0 radical (unpaired) electrons. The molecule has 1 N–H and O–H groups in total. The number of amides is 1. The average Bonchev–Trinajstić information content (AvgIpc) is 2.81. The summed E-state index contributed by atoms with van der Waals surface area (Å²) in [5.74, 6) is -0.218. The molecule has 1 heterocycles. The summed E-state index contributed by atoms with van der Waals surface area (Å²) in [6.07, 6.45) is 2.33. The zero-order valence-corrected chi connectivity index (χ0v) is 11.2. The number of nitrogens with one attached hydrogen (secondary N) is 1. The number of hydrogen-bond donors (Lipinski definition) is 1. The normalized spacial score (nSPS) is 11.9. The van der Waals surface area contributed by atoms with E-state index >= 15 is 0 Å². The smallest absolute Gasteiger partial charge is 0.270 e. The van der Waals surface area contributed by atoms with Gasteiger partial charge in [-0.3, -0.25) is 9.48 Å². The minimum atomic E-state index is -0.423. The van der Waals surface area contributed by atoms with E-state index < -0.39 is 6.04 Å². The fraction of sp³-hybridized carbons (Fsp3) is 0.615. The van der Waals surface area contributed by atoms with Crippen LogP contribution in [-0.2, 0) is 13.0 Å². The minimum absolute atomic E-state index is 0.218. The summed E-state index contributed by atoms with van der Waals surface area (Å²) >= 11 is 0. The number of rotatable bonds is 6. The molecular weight excluding hydrogens is 228 g/mol. The summed E-state index contributed by atoms with van der Waals surface area (Å²) < 4.78 is 1.68. The van der Waals surface area contributed by atoms with Crippen LogP contribution in [0.3, 0.4) is 0 Å². The van der Waals surface area contributed by atoms with Crippen molar-refractivity contribution in [2.45, 2.75) is 52.6 Å². The predicted octanol–water partition coefficient (Wildman–Crippen LogP) is 1.89. The Kier molecular flexibility index (Phi) is 5.37. The Labute approximate surface area is 108 Å². The number of carbonyl (C=O) groups excluding carboxylic acids is 1. The number of nitrogens with zero attached hydrogens (tertiary/aromatic N) is 3. The fourth-order valence-electron chi connectivity index (χ4n) is 1.76. The molecule has 98 valence electrons. The van der Waals surface area contributed by atoms with Crippen molar-refractivity contribution in [3.8, 4) is 6.07 Å². The van der Waals surface area contributed by atoms with Gasteiger partial charge in [0.1, 0.15) is 11.7 Å². The zero-order chi connectivity index (χ0) is 13.5. The maximum Gasteiger partial charge on any atom is 0.270 e. The van der Waals surface area contributed by atoms with Crippen molar-refractivity contribution in [1.82, 2.24) is 15.1 Å². The van der Waals surface area contributed by atoms with Gasteiger partial charge in [-0.25, -0.2) is 0 Å². The van der Waals surface area contributed by atoms with Crippen molar-refractivity contribution < 1.29 is 4.79 Å². The molecule has 1 amide bonds. The SMILES string of the molecule is CCCC(C#N)NC(=O)c1cc(CC)nn1CC. The van der Waals surface area contributed by atoms with Gasteiger partial charge in [-0.05, 0) is 25.8 Å². The summed E-state index contributed by atoms with van der Waals surface area (Å²) in [6, 6.07) is 3.47. The Bertz CT molecular complexity index is 444.